The minimum atomic E-state index is -0.416. The minimum Gasteiger partial charge on any atom is -0.462 e. The Balaban J connectivity index is 2.23. The highest BCUT2D eigenvalue weighted by Crippen LogP contribution is 2.19. The number of hydrogen-bond acceptors (Lipinski definition) is 3. The number of aryl methyl sites for hydroxylation is 1. The number of amides is 1. The first-order valence-electron chi connectivity index (χ1n) is 6.86. The summed E-state index contributed by atoms with van der Waals surface area (Å²) < 4.78 is 4.96. The van der Waals surface area contributed by atoms with Gasteiger partial charge < -0.3 is 10.1 Å². The molecule has 4 nitrogen and oxygen atoms in total. The normalized spacial score (nSPS) is 10.1. The summed E-state index contributed by atoms with van der Waals surface area (Å²) in [5.41, 5.74) is 2.27. The van der Waals surface area contributed by atoms with Crippen molar-refractivity contribution in [2.75, 3.05) is 11.9 Å². The van der Waals surface area contributed by atoms with E-state index in [1.54, 1.807) is 49.4 Å². The zero-order valence-corrected chi connectivity index (χ0v) is 13.1. The fourth-order valence-corrected chi connectivity index (χ4v) is 2.11. The Morgan fingerprint density at radius 3 is 2.59 bits per heavy atom. The molecule has 5 heteroatoms. The van der Waals surface area contributed by atoms with Gasteiger partial charge in [-0.2, -0.15) is 0 Å². The molecule has 2 rings (SSSR count). The van der Waals surface area contributed by atoms with Gasteiger partial charge in [-0.25, -0.2) is 4.79 Å². The Bertz CT molecular complexity index is 713. The largest absolute Gasteiger partial charge is 0.462 e. The molecule has 0 fully saturated rings. The van der Waals surface area contributed by atoms with Gasteiger partial charge in [0, 0.05) is 16.3 Å². The summed E-state index contributed by atoms with van der Waals surface area (Å²) >= 11 is 5.88. The first-order chi connectivity index (χ1) is 10.5. The van der Waals surface area contributed by atoms with Crippen molar-refractivity contribution < 1.29 is 14.3 Å². The monoisotopic (exact) mass is 317 g/mol. The number of nitrogens with one attached hydrogen (secondary N) is 1. The van der Waals surface area contributed by atoms with Crippen molar-refractivity contribution in [3.05, 3.63) is 64.2 Å². The van der Waals surface area contributed by atoms with Crippen LogP contribution >= 0.6 is 11.6 Å². The fraction of sp³-hybridized carbons (Fsp3) is 0.176. The van der Waals surface area contributed by atoms with Crippen LogP contribution in [0.1, 0.15) is 33.2 Å². The number of benzene rings is 2. The summed E-state index contributed by atoms with van der Waals surface area (Å²) in [7, 11) is 0. The quantitative estimate of drug-likeness (QED) is 0.864. The third kappa shape index (κ3) is 3.86. The Kier molecular flexibility index (Phi) is 5.17. The SMILES string of the molecule is CCOC(=O)c1ccc(C)c(NC(=O)c2cccc(Cl)c2)c1. The minimum absolute atomic E-state index is 0.286. The van der Waals surface area contributed by atoms with Gasteiger partial charge in [-0.05, 0) is 49.7 Å². The molecule has 2 aromatic carbocycles. The maximum atomic E-state index is 12.2. The first kappa shape index (κ1) is 16.0. The maximum absolute atomic E-state index is 12.2. The summed E-state index contributed by atoms with van der Waals surface area (Å²) in [4.78, 5) is 24.0. The molecule has 0 bridgehead atoms. The fourth-order valence-electron chi connectivity index (χ4n) is 1.92. The van der Waals surface area contributed by atoms with E-state index in [0.29, 0.717) is 28.4 Å². The Morgan fingerprint density at radius 2 is 1.91 bits per heavy atom. The Labute approximate surface area is 134 Å². The number of ether oxygens (including phenoxy) is 1. The van der Waals surface area contributed by atoms with Crippen molar-refractivity contribution in [1.82, 2.24) is 0 Å². The van der Waals surface area contributed by atoms with Gasteiger partial charge in [0.2, 0.25) is 0 Å². The number of carbonyl (C=O) groups excluding carboxylic acids is 2. The molecular formula is C17H16ClNO3. The molecule has 0 aliphatic rings. The topological polar surface area (TPSA) is 55.4 Å². The molecule has 0 radical (unpaired) electrons. The van der Waals surface area contributed by atoms with E-state index in [-0.39, 0.29) is 5.91 Å². The molecule has 2 aromatic rings. The van der Waals surface area contributed by atoms with E-state index in [2.05, 4.69) is 5.32 Å². The molecule has 1 amide bonds. The van der Waals surface area contributed by atoms with Gasteiger partial charge in [0.25, 0.3) is 5.91 Å². The van der Waals surface area contributed by atoms with Crippen LogP contribution in [0.25, 0.3) is 0 Å². The summed E-state index contributed by atoms with van der Waals surface area (Å²) in [5, 5.41) is 3.28. The smallest absolute Gasteiger partial charge is 0.338 e. The van der Waals surface area contributed by atoms with Crippen molar-refractivity contribution in [2.45, 2.75) is 13.8 Å². The van der Waals surface area contributed by atoms with Crippen LogP contribution in [0, 0.1) is 6.92 Å². The maximum Gasteiger partial charge on any atom is 0.338 e. The van der Waals surface area contributed by atoms with Crippen molar-refractivity contribution in [1.29, 1.82) is 0 Å². The zero-order valence-electron chi connectivity index (χ0n) is 12.4. The molecule has 0 aliphatic carbocycles. The molecule has 0 spiro atoms. The predicted octanol–water partition coefficient (Wildman–Crippen LogP) is 4.08. The lowest BCUT2D eigenvalue weighted by atomic mass is 10.1. The summed E-state index contributed by atoms with van der Waals surface area (Å²) in [6.45, 7) is 3.90. The van der Waals surface area contributed by atoms with Gasteiger partial charge in [-0.1, -0.05) is 23.7 Å². The number of halogens is 1. The molecule has 22 heavy (non-hydrogen) atoms. The number of carbonyl (C=O) groups is 2. The lowest BCUT2D eigenvalue weighted by Crippen LogP contribution is -2.14. The van der Waals surface area contributed by atoms with Crippen molar-refractivity contribution >= 4 is 29.2 Å². The second kappa shape index (κ2) is 7.09. The second-order valence-electron chi connectivity index (χ2n) is 4.71. The van der Waals surface area contributed by atoms with E-state index in [1.165, 1.54) is 0 Å². The molecule has 114 valence electrons. The van der Waals surface area contributed by atoms with Gasteiger partial charge >= 0.3 is 5.97 Å². The van der Waals surface area contributed by atoms with Crippen LogP contribution in [0.4, 0.5) is 5.69 Å². The molecule has 0 atom stereocenters. The van der Waals surface area contributed by atoms with Crippen molar-refractivity contribution in [2.24, 2.45) is 0 Å². The first-order valence-corrected chi connectivity index (χ1v) is 7.23. The van der Waals surface area contributed by atoms with Crippen LogP contribution in [0.15, 0.2) is 42.5 Å². The van der Waals surface area contributed by atoms with E-state index in [4.69, 9.17) is 16.3 Å². The molecule has 0 unspecified atom stereocenters. The number of anilines is 1. The number of esters is 1. The van der Waals surface area contributed by atoms with E-state index in [1.807, 2.05) is 6.92 Å². The lowest BCUT2D eigenvalue weighted by Gasteiger charge is -2.10. The highest BCUT2D eigenvalue weighted by atomic mass is 35.5. The zero-order chi connectivity index (χ0) is 16.1. The number of rotatable bonds is 4. The highest BCUT2D eigenvalue weighted by Gasteiger charge is 2.12. The van der Waals surface area contributed by atoms with Crippen LogP contribution in [-0.4, -0.2) is 18.5 Å². The van der Waals surface area contributed by atoms with Crippen molar-refractivity contribution in [3.63, 3.8) is 0 Å². The van der Waals surface area contributed by atoms with E-state index < -0.39 is 5.97 Å². The number of hydrogen-bond donors (Lipinski definition) is 1. The lowest BCUT2D eigenvalue weighted by molar-refractivity contribution is 0.0526. The molecule has 0 aromatic heterocycles. The van der Waals surface area contributed by atoms with Gasteiger partial charge in [-0.3, -0.25) is 4.79 Å². The van der Waals surface area contributed by atoms with Crippen LogP contribution < -0.4 is 5.32 Å². The molecular weight excluding hydrogens is 302 g/mol. The average molecular weight is 318 g/mol. The van der Waals surface area contributed by atoms with Crippen LogP contribution in [0.2, 0.25) is 5.02 Å². The van der Waals surface area contributed by atoms with Gasteiger partial charge in [0.1, 0.15) is 0 Å². The summed E-state index contributed by atoms with van der Waals surface area (Å²) in [5.74, 6) is -0.702. The molecule has 0 aliphatic heterocycles. The predicted molar refractivity (Wildman–Crippen MR) is 86.5 cm³/mol. The van der Waals surface area contributed by atoms with E-state index >= 15 is 0 Å². The highest BCUT2D eigenvalue weighted by molar-refractivity contribution is 6.31. The average Bonchev–Trinajstić information content (AvgIpc) is 2.49. The Hall–Kier alpha value is -2.33. The third-order valence-corrected chi connectivity index (χ3v) is 3.32. The molecule has 0 saturated carbocycles. The van der Waals surface area contributed by atoms with Gasteiger partial charge in [-0.15, -0.1) is 0 Å². The summed E-state index contributed by atoms with van der Waals surface area (Å²) in [6, 6.07) is 11.7. The standard InChI is InChI=1S/C17H16ClNO3/c1-3-22-17(21)13-8-7-11(2)15(10-13)19-16(20)12-5-4-6-14(18)9-12/h4-10H,3H2,1-2H3,(H,19,20). The van der Waals surface area contributed by atoms with E-state index in [9.17, 15) is 9.59 Å². The van der Waals surface area contributed by atoms with Gasteiger partial charge in [0.15, 0.2) is 0 Å². The third-order valence-electron chi connectivity index (χ3n) is 3.08. The van der Waals surface area contributed by atoms with E-state index in [0.717, 1.165) is 5.56 Å². The van der Waals surface area contributed by atoms with Crippen LogP contribution in [-0.2, 0) is 4.74 Å². The molecule has 0 saturated heterocycles. The van der Waals surface area contributed by atoms with Crippen LogP contribution in [0.5, 0.6) is 0 Å². The molecule has 1 N–H and O–H groups in total. The molecule has 0 heterocycles. The van der Waals surface area contributed by atoms with Crippen molar-refractivity contribution in [3.8, 4) is 0 Å². The summed E-state index contributed by atoms with van der Waals surface area (Å²) in [6.07, 6.45) is 0. The second-order valence-corrected chi connectivity index (χ2v) is 5.15. The van der Waals surface area contributed by atoms with Crippen LogP contribution in [0.3, 0.4) is 0 Å². The van der Waals surface area contributed by atoms with Gasteiger partial charge in [0.05, 0.1) is 12.2 Å². The Morgan fingerprint density at radius 1 is 1.14 bits per heavy atom.